The van der Waals surface area contributed by atoms with Crippen molar-refractivity contribution in [3.05, 3.63) is 59.3 Å². The van der Waals surface area contributed by atoms with Gasteiger partial charge in [0, 0.05) is 12.1 Å². The average molecular weight is 301 g/mol. The standard InChI is InChI=1S/C14H14F3NOS/c15-13-4-2-1-3-10(13)7-18-8-11-5-6-12(19-11)9-20-14(16)17/h1-6,14,18H,7-9H2. The molecule has 0 fully saturated rings. The summed E-state index contributed by atoms with van der Waals surface area (Å²) in [5.41, 5.74) is 0.576. The SMILES string of the molecule is Fc1ccccc1CNCc1ccc(CSC(F)F)o1. The molecule has 2 rings (SSSR count). The van der Waals surface area contributed by atoms with Gasteiger partial charge in [0.05, 0.1) is 12.3 Å². The Morgan fingerprint density at radius 3 is 2.55 bits per heavy atom. The molecule has 1 aromatic carbocycles. The molecule has 0 saturated carbocycles. The van der Waals surface area contributed by atoms with Crippen LogP contribution in [0.15, 0.2) is 40.8 Å². The third-order valence-electron chi connectivity index (χ3n) is 2.64. The molecule has 0 atom stereocenters. The largest absolute Gasteiger partial charge is 0.464 e. The summed E-state index contributed by atoms with van der Waals surface area (Å²) in [5, 5.41) is 3.05. The van der Waals surface area contributed by atoms with Crippen molar-refractivity contribution in [1.82, 2.24) is 5.32 Å². The zero-order valence-electron chi connectivity index (χ0n) is 10.6. The van der Waals surface area contributed by atoms with Crippen molar-refractivity contribution in [1.29, 1.82) is 0 Å². The van der Waals surface area contributed by atoms with E-state index < -0.39 is 5.76 Å². The highest BCUT2D eigenvalue weighted by Crippen LogP contribution is 2.21. The van der Waals surface area contributed by atoms with Crippen LogP contribution in [0.5, 0.6) is 0 Å². The quantitative estimate of drug-likeness (QED) is 0.831. The zero-order valence-corrected chi connectivity index (χ0v) is 11.4. The van der Waals surface area contributed by atoms with Gasteiger partial charge in [-0.3, -0.25) is 0 Å². The lowest BCUT2D eigenvalue weighted by molar-refractivity contribution is 0.251. The first kappa shape index (κ1) is 15.0. The van der Waals surface area contributed by atoms with Crippen LogP contribution < -0.4 is 5.32 Å². The molecule has 6 heteroatoms. The van der Waals surface area contributed by atoms with E-state index in [2.05, 4.69) is 5.32 Å². The van der Waals surface area contributed by atoms with Gasteiger partial charge < -0.3 is 9.73 Å². The fourth-order valence-electron chi connectivity index (χ4n) is 1.70. The molecule has 0 radical (unpaired) electrons. The summed E-state index contributed by atoms with van der Waals surface area (Å²) < 4.78 is 42.8. The summed E-state index contributed by atoms with van der Waals surface area (Å²) >= 11 is 0.523. The molecule has 20 heavy (non-hydrogen) atoms. The second-order valence-electron chi connectivity index (χ2n) is 4.13. The number of rotatable bonds is 7. The monoisotopic (exact) mass is 301 g/mol. The molecule has 0 aliphatic heterocycles. The fourth-order valence-corrected chi connectivity index (χ4v) is 2.15. The van der Waals surface area contributed by atoms with E-state index in [-0.39, 0.29) is 11.6 Å². The molecule has 1 N–H and O–H groups in total. The van der Waals surface area contributed by atoms with Crippen LogP contribution in [-0.2, 0) is 18.8 Å². The van der Waals surface area contributed by atoms with Crippen molar-refractivity contribution in [3.63, 3.8) is 0 Å². The minimum atomic E-state index is -2.40. The Morgan fingerprint density at radius 2 is 1.80 bits per heavy atom. The van der Waals surface area contributed by atoms with Gasteiger partial charge in [0.2, 0.25) is 0 Å². The first-order valence-corrected chi connectivity index (χ1v) is 7.11. The Bertz CT molecular complexity index is 545. The zero-order chi connectivity index (χ0) is 14.4. The van der Waals surface area contributed by atoms with Crippen LogP contribution >= 0.6 is 11.8 Å². The van der Waals surface area contributed by atoms with Crippen molar-refractivity contribution in [3.8, 4) is 0 Å². The van der Waals surface area contributed by atoms with E-state index in [1.54, 1.807) is 30.3 Å². The van der Waals surface area contributed by atoms with E-state index in [9.17, 15) is 13.2 Å². The minimum Gasteiger partial charge on any atom is -0.464 e. The molecule has 108 valence electrons. The summed E-state index contributed by atoms with van der Waals surface area (Å²) in [5.74, 6) is -1.36. The number of thioether (sulfide) groups is 1. The van der Waals surface area contributed by atoms with Crippen LogP contribution in [-0.4, -0.2) is 5.76 Å². The van der Waals surface area contributed by atoms with Gasteiger partial charge in [-0.05, 0) is 18.2 Å². The Kier molecular flexibility index (Phi) is 5.55. The lowest BCUT2D eigenvalue weighted by atomic mass is 10.2. The van der Waals surface area contributed by atoms with Crippen LogP contribution in [0.3, 0.4) is 0 Å². The lowest BCUT2D eigenvalue weighted by Gasteiger charge is -2.04. The van der Waals surface area contributed by atoms with Gasteiger partial charge in [-0.1, -0.05) is 30.0 Å². The summed E-state index contributed by atoms with van der Waals surface area (Å²) in [7, 11) is 0. The Labute approximate surface area is 119 Å². The number of halogens is 3. The molecule has 1 aromatic heterocycles. The van der Waals surface area contributed by atoms with Crippen LogP contribution in [0.25, 0.3) is 0 Å². The molecule has 0 bridgehead atoms. The van der Waals surface area contributed by atoms with Gasteiger partial charge in [-0.15, -0.1) is 0 Å². The predicted molar refractivity (Wildman–Crippen MR) is 73.0 cm³/mol. The highest BCUT2D eigenvalue weighted by molar-refractivity contribution is 7.98. The topological polar surface area (TPSA) is 25.2 Å². The minimum absolute atomic E-state index is 0.144. The van der Waals surface area contributed by atoms with E-state index >= 15 is 0 Å². The van der Waals surface area contributed by atoms with Crippen LogP contribution in [0.2, 0.25) is 0 Å². The molecule has 0 spiro atoms. The normalized spacial score (nSPS) is 11.2. The summed E-state index contributed by atoms with van der Waals surface area (Å²) in [6, 6.07) is 9.93. The van der Waals surface area contributed by atoms with Crippen LogP contribution in [0, 0.1) is 5.82 Å². The molecule has 0 amide bonds. The van der Waals surface area contributed by atoms with Crippen molar-refractivity contribution in [2.75, 3.05) is 0 Å². The molecule has 0 aliphatic carbocycles. The predicted octanol–water partition coefficient (Wildman–Crippen LogP) is 4.16. The highest BCUT2D eigenvalue weighted by Gasteiger charge is 2.07. The highest BCUT2D eigenvalue weighted by atomic mass is 32.2. The smallest absolute Gasteiger partial charge is 0.284 e. The number of hydrogen-bond donors (Lipinski definition) is 1. The maximum absolute atomic E-state index is 13.4. The molecular weight excluding hydrogens is 287 g/mol. The second kappa shape index (κ2) is 7.40. The van der Waals surface area contributed by atoms with E-state index in [1.807, 2.05) is 0 Å². The third kappa shape index (κ3) is 4.61. The van der Waals surface area contributed by atoms with Crippen molar-refractivity contribution < 1.29 is 17.6 Å². The van der Waals surface area contributed by atoms with Gasteiger partial charge in [-0.2, -0.15) is 8.78 Å². The van der Waals surface area contributed by atoms with Crippen LogP contribution in [0.1, 0.15) is 17.1 Å². The molecule has 1 heterocycles. The molecule has 0 unspecified atom stereocenters. The molecule has 0 aliphatic rings. The number of alkyl halides is 2. The number of nitrogens with one attached hydrogen (secondary N) is 1. The third-order valence-corrected chi connectivity index (χ3v) is 3.34. The van der Waals surface area contributed by atoms with Crippen molar-refractivity contribution in [2.24, 2.45) is 0 Å². The average Bonchev–Trinajstić information content (AvgIpc) is 2.87. The first-order valence-electron chi connectivity index (χ1n) is 6.06. The maximum Gasteiger partial charge on any atom is 0.284 e. The van der Waals surface area contributed by atoms with Gasteiger partial charge in [0.1, 0.15) is 17.3 Å². The maximum atomic E-state index is 13.4. The molecular formula is C14H14F3NOS. The Hall–Kier alpha value is -1.40. The number of benzene rings is 1. The molecule has 2 aromatic rings. The van der Waals surface area contributed by atoms with E-state index in [1.165, 1.54) is 6.07 Å². The number of hydrogen-bond acceptors (Lipinski definition) is 3. The van der Waals surface area contributed by atoms with E-state index in [0.29, 0.717) is 41.9 Å². The summed E-state index contributed by atoms with van der Waals surface area (Å²) in [6.07, 6.45) is 0. The van der Waals surface area contributed by atoms with Gasteiger partial charge >= 0.3 is 0 Å². The van der Waals surface area contributed by atoms with Gasteiger partial charge in [0.15, 0.2) is 0 Å². The number of furan rings is 1. The molecule has 2 nitrogen and oxygen atoms in total. The van der Waals surface area contributed by atoms with Gasteiger partial charge in [0.25, 0.3) is 5.76 Å². The molecule has 0 saturated heterocycles. The van der Waals surface area contributed by atoms with E-state index in [0.717, 1.165) is 0 Å². The second-order valence-corrected chi connectivity index (χ2v) is 5.11. The Morgan fingerprint density at radius 1 is 1.05 bits per heavy atom. The summed E-state index contributed by atoms with van der Waals surface area (Å²) in [6.45, 7) is 0.808. The van der Waals surface area contributed by atoms with Crippen LogP contribution in [0.4, 0.5) is 13.2 Å². The fraction of sp³-hybridized carbons (Fsp3) is 0.286. The van der Waals surface area contributed by atoms with Crippen molar-refractivity contribution in [2.45, 2.75) is 24.6 Å². The first-order chi connectivity index (χ1) is 9.65. The Balaban J connectivity index is 1.78. The van der Waals surface area contributed by atoms with E-state index in [4.69, 9.17) is 4.42 Å². The van der Waals surface area contributed by atoms with Gasteiger partial charge in [-0.25, -0.2) is 4.39 Å². The lowest BCUT2D eigenvalue weighted by Crippen LogP contribution is -2.13. The summed E-state index contributed by atoms with van der Waals surface area (Å²) in [4.78, 5) is 0. The van der Waals surface area contributed by atoms with Crippen molar-refractivity contribution >= 4 is 11.8 Å².